The van der Waals surface area contributed by atoms with Crippen LogP contribution in [-0.2, 0) is 14.3 Å². The molecule has 1 aromatic heterocycles. The Bertz CT molecular complexity index is 1100. The van der Waals surface area contributed by atoms with Gasteiger partial charge in [-0.3, -0.25) is 9.78 Å². The molecule has 5 nitrogen and oxygen atoms in total. The van der Waals surface area contributed by atoms with Gasteiger partial charge in [-0.2, -0.15) is 0 Å². The van der Waals surface area contributed by atoms with E-state index in [2.05, 4.69) is 22.4 Å². The third kappa shape index (κ3) is 4.37. The van der Waals surface area contributed by atoms with E-state index in [4.69, 9.17) is 4.74 Å². The normalized spacial score (nSPS) is 23.7. The number of carbonyl (C=O) groups is 2. The molecule has 2 aliphatic carbocycles. The maximum Gasteiger partial charge on any atom is 0.337 e. The number of Topliss-reactive ketones (excluding diaryl/α,β-unsaturated/α-hetero) is 1. The molecule has 1 aromatic carbocycles. The van der Waals surface area contributed by atoms with Crippen LogP contribution in [0.5, 0.6) is 0 Å². The van der Waals surface area contributed by atoms with E-state index in [0.29, 0.717) is 17.6 Å². The summed E-state index contributed by atoms with van der Waals surface area (Å²) >= 11 is 0. The van der Waals surface area contributed by atoms with Gasteiger partial charge in [0.2, 0.25) is 0 Å². The molecule has 5 heteroatoms. The average molecular weight is 443 g/mol. The van der Waals surface area contributed by atoms with E-state index in [0.717, 1.165) is 49.1 Å². The summed E-state index contributed by atoms with van der Waals surface area (Å²) in [5.41, 5.74) is 5.03. The number of dihydropyridines is 1. The quantitative estimate of drug-likeness (QED) is 0.649. The molecule has 170 valence electrons. The van der Waals surface area contributed by atoms with E-state index in [1.54, 1.807) is 12.4 Å². The predicted octanol–water partition coefficient (Wildman–Crippen LogP) is 5.32. The number of aromatic nitrogens is 1. The summed E-state index contributed by atoms with van der Waals surface area (Å²) in [4.78, 5) is 31.2. The van der Waals surface area contributed by atoms with E-state index in [1.165, 1.54) is 12.0 Å². The van der Waals surface area contributed by atoms with Crippen molar-refractivity contribution in [1.82, 2.24) is 10.3 Å². The van der Waals surface area contributed by atoms with Crippen LogP contribution < -0.4 is 5.32 Å². The number of benzene rings is 1. The molecule has 0 unspecified atom stereocenters. The maximum absolute atomic E-state index is 13.6. The average Bonchev–Trinajstić information content (AvgIpc) is 2.84. The number of esters is 1. The van der Waals surface area contributed by atoms with E-state index < -0.39 is 5.92 Å². The number of nitrogens with one attached hydrogen (secondary N) is 1. The second-order valence-electron chi connectivity index (χ2n) is 9.37. The molecular formula is C28H30N2O3. The van der Waals surface area contributed by atoms with Crippen LogP contribution in [0.1, 0.15) is 74.8 Å². The van der Waals surface area contributed by atoms with Gasteiger partial charge in [-0.15, -0.1) is 0 Å². The van der Waals surface area contributed by atoms with Crippen molar-refractivity contribution < 1.29 is 14.3 Å². The van der Waals surface area contributed by atoms with E-state index in [9.17, 15) is 9.59 Å². The van der Waals surface area contributed by atoms with Gasteiger partial charge in [0.05, 0.1) is 5.57 Å². The first-order valence-electron chi connectivity index (χ1n) is 12.0. The lowest BCUT2D eigenvalue weighted by molar-refractivity contribution is -0.146. The minimum Gasteiger partial charge on any atom is -0.459 e. The lowest BCUT2D eigenvalue weighted by Gasteiger charge is -2.37. The molecule has 0 spiro atoms. The van der Waals surface area contributed by atoms with Gasteiger partial charge in [0.1, 0.15) is 6.10 Å². The minimum absolute atomic E-state index is 0.0375. The highest BCUT2D eigenvalue weighted by Crippen LogP contribution is 2.45. The number of allylic oxidation sites excluding steroid dienone is 3. The van der Waals surface area contributed by atoms with Crippen molar-refractivity contribution in [1.29, 1.82) is 0 Å². The molecule has 0 saturated heterocycles. The van der Waals surface area contributed by atoms with Crippen LogP contribution in [0, 0.1) is 0 Å². The Balaban J connectivity index is 1.51. The highest BCUT2D eigenvalue weighted by atomic mass is 16.5. The molecule has 1 aliphatic heterocycles. The molecule has 5 rings (SSSR count). The van der Waals surface area contributed by atoms with Gasteiger partial charge in [0, 0.05) is 41.7 Å². The predicted molar refractivity (Wildman–Crippen MR) is 126 cm³/mol. The molecule has 0 amide bonds. The van der Waals surface area contributed by atoms with Crippen molar-refractivity contribution in [2.24, 2.45) is 0 Å². The van der Waals surface area contributed by atoms with Gasteiger partial charge < -0.3 is 10.1 Å². The van der Waals surface area contributed by atoms with Crippen molar-refractivity contribution in [3.63, 3.8) is 0 Å². The van der Waals surface area contributed by atoms with Gasteiger partial charge in [-0.25, -0.2) is 4.79 Å². The van der Waals surface area contributed by atoms with Crippen LogP contribution in [0.4, 0.5) is 0 Å². The molecule has 2 aromatic rings. The number of nitrogens with zero attached hydrogens (tertiary/aromatic N) is 1. The highest BCUT2D eigenvalue weighted by Gasteiger charge is 2.41. The van der Waals surface area contributed by atoms with Gasteiger partial charge >= 0.3 is 5.97 Å². The van der Waals surface area contributed by atoms with E-state index in [1.807, 2.05) is 37.3 Å². The monoisotopic (exact) mass is 442 g/mol. The first-order valence-corrected chi connectivity index (χ1v) is 12.0. The highest BCUT2D eigenvalue weighted by molar-refractivity contribution is 6.04. The maximum atomic E-state index is 13.6. The van der Waals surface area contributed by atoms with Crippen molar-refractivity contribution in [3.05, 3.63) is 88.5 Å². The summed E-state index contributed by atoms with van der Waals surface area (Å²) in [5.74, 6) is -0.510. The van der Waals surface area contributed by atoms with Crippen LogP contribution in [-0.4, -0.2) is 22.8 Å². The van der Waals surface area contributed by atoms with Gasteiger partial charge in [-0.05, 0) is 68.2 Å². The standard InChI is InChI=1S/C28H30N2O3/c1-18-25(28(32)33-22-10-6-3-7-11-22)26(20-12-14-29-15-13-20)27-23(30-18)16-21(17-24(27)31)19-8-4-2-5-9-19/h2,4-5,8-9,12-15,21-22,26,30H,3,6-7,10-11,16-17H2,1H3/t21-,26-/m1/s1. The van der Waals surface area contributed by atoms with Crippen molar-refractivity contribution in [2.45, 2.75) is 69.8 Å². The molecule has 1 fully saturated rings. The Labute approximate surface area is 195 Å². The van der Waals surface area contributed by atoms with Gasteiger partial charge in [-0.1, -0.05) is 36.8 Å². The third-order valence-corrected chi connectivity index (χ3v) is 7.18. The molecule has 2 heterocycles. The molecule has 3 aliphatic rings. The molecular weight excluding hydrogens is 412 g/mol. The fourth-order valence-electron chi connectivity index (χ4n) is 5.56. The van der Waals surface area contributed by atoms with Gasteiger partial charge in [0.15, 0.2) is 5.78 Å². The first kappa shape index (κ1) is 21.6. The zero-order valence-corrected chi connectivity index (χ0v) is 19.0. The van der Waals surface area contributed by atoms with E-state index >= 15 is 0 Å². The summed E-state index contributed by atoms with van der Waals surface area (Å²) < 4.78 is 5.97. The molecule has 33 heavy (non-hydrogen) atoms. The van der Waals surface area contributed by atoms with Crippen molar-refractivity contribution >= 4 is 11.8 Å². The fraction of sp³-hybridized carbons (Fsp3) is 0.393. The Morgan fingerprint density at radius 3 is 2.42 bits per heavy atom. The number of pyridine rings is 1. The molecule has 1 saturated carbocycles. The van der Waals surface area contributed by atoms with E-state index in [-0.39, 0.29) is 23.8 Å². The summed E-state index contributed by atoms with van der Waals surface area (Å²) in [6.45, 7) is 1.92. The zero-order chi connectivity index (χ0) is 22.8. The number of hydrogen-bond acceptors (Lipinski definition) is 5. The lowest BCUT2D eigenvalue weighted by atomic mass is 9.72. The second kappa shape index (κ2) is 9.34. The number of ether oxygens (including phenoxy) is 1. The van der Waals surface area contributed by atoms with Crippen LogP contribution in [0.2, 0.25) is 0 Å². The van der Waals surface area contributed by atoms with Crippen molar-refractivity contribution in [3.8, 4) is 0 Å². The summed E-state index contributed by atoms with van der Waals surface area (Å²) in [5, 5.41) is 3.44. The lowest BCUT2D eigenvalue weighted by Crippen LogP contribution is -2.37. The minimum atomic E-state index is -0.426. The number of hydrogen-bond donors (Lipinski definition) is 1. The molecule has 0 bridgehead atoms. The SMILES string of the molecule is CC1=C(C(=O)OC2CCCCC2)[C@@H](c2ccncc2)C2=C(C[C@@H](c3ccccc3)CC2=O)N1. The number of ketones is 1. The summed E-state index contributed by atoms with van der Waals surface area (Å²) in [6, 6.07) is 14.0. The molecule has 2 atom stereocenters. The Morgan fingerprint density at radius 2 is 1.70 bits per heavy atom. The summed E-state index contributed by atoms with van der Waals surface area (Å²) in [7, 11) is 0. The molecule has 1 N–H and O–H groups in total. The second-order valence-corrected chi connectivity index (χ2v) is 9.37. The smallest absolute Gasteiger partial charge is 0.337 e. The number of carbonyl (C=O) groups excluding carboxylic acids is 2. The van der Waals surface area contributed by atoms with Crippen LogP contribution >= 0.6 is 0 Å². The largest absolute Gasteiger partial charge is 0.459 e. The molecule has 0 radical (unpaired) electrons. The Morgan fingerprint density at radius 1 is 0.970 bits per heavy atom. The summed E-state index contributed by atoms with van der Waals surface area (Å²) in [6.07, 6.45) is 9.80. The van der Waals surface area contributed by atoms with Crippen LogP contribution in [0.25, 0.3) is 0 Å². The fourth-order valence-corrected chi connectivity index (χ4v) is 5.56. The van der Waals surface area contributed by atoms with Crippen LogP contribution in [0.3, 0.4) is 0 Å². The number of rotatable bonds is 4. The van der Waals surface area contributed by atoms with Crippen LogP contribution in [0.15, 0.2) is 77.4 Å². The topological polar surface area (TPSA) is 68.3 Å². The van der Waals surface area contributed by atoms with Gasteiger partial charge in [0.25, 0.3) is 0 Å². The van der Waals surface area contributed by atoms with Crippen molar-refractivity contribution in [2.75, 3.05) is 0 Å². The Hall–Kier alpha value is -3.21. The zero-order valence-electron chi connectivity index (χ0n) is 19.0. The third-order valence-electron chi connectivity index (χ3n) is 7.18. The Kier molecular flexibility index (Phi) is 6.12. The first-order chi connectivity index (χ1) is 16.1.